The molecule has 4 heteroatoms. The van der Waals surface area contributed by atoms with Crippen molar-refractivity contribution in [2.24, 2.45) is 0 Å². The van der Waals surface area contributed by atoms with E-state index >= 15 is 0 Å². The molecule has 0 bridgehead atoms. The number of anilines is 2. The lowest BCUT2D eigenvalue weighted by Crippen LogP contribution is -2.05. The maximum absolute atomic E-state index is 6.00. The second-order valence-electron chi connectivity index (χ2n) is 3.64. The molecular weight excluding hydrogens is 270 g/mol. The number of nitrogen functional groups attached to an aromatic ring is 1. The molecule has 1 aromatic heterocycles. The van der Waals surface area contributed by atoms with Gasteiger partial charge in [0, 0.05) is 11.9 Å². The van der Waals surface area contributed by atoms with Gasteiger partial charge >= 0.3 is 0 Å². The van der Waals surface area contributed by atoms with Gasteiger partial charge in [0.15, 0.2) is 5.15 Å². The number of nitrogens with two attached hydrogens (primary N) is 1. The Morgan fingerprint density at radius 1 is 1.25 bits per heavy atom. The van der Waals surface area contributed by atoms with Crippen LogP contribution in [0.5, 0.6) is 0 Å². The number of hydrogen-bond donors (Lipinski definition) is 2. The van der Waals surface area contributed by atoms with Gasteiger partial charge in [-0.05, 0) is 12.5 Å². The quantitative estimate of drug-likeness (QED) is 0.610. The van der Waals surface area contributed by atoms with Crippen molar-refractivity contribution in [3.63, 3.8) is 0 Å². The zero-order valence-electron chi connectivity index (χ0n) is 12.5. The zero-order valence-corrected chi connectivity index (χ0v) is 13.3. The van der Waals surface area contributed by atoms with E-state index in [1.165, 1.54) is 0 Å². The number of para-hydroxylation sites is 1. The van der Waals surface area contributed by atoms with Gasteiger partial charge in [-0.2, -0.15) is 0 Å². The second kappa shape index (κ2) is 10.1. The normalized spacial score (nSPS) is 9.00. The van der Waals surface area contributed by atoms with Gasteiger partial charge in [-0.15, -0.1) is 13.2 Å². The highest BCUT2D eigenvalue weighted by Gasteiger charge is 2.09. The molecule has 2 aromatic rings. The van der Waals surface area contributed by atoms with Crippen LogP contribution in [0.25, 0.3) is 10.9 Å². The molecule has 0 saturated carbocycles. The van der Waals surface area contributed by atoms with Crippen LogP contribution >= 0.6 is 11.6 Å². The standard InChI is InChI=1S/C12H14ClN3.C2H6.C2H4/c1-2-7-15-11-8-5-3-4-6-9(8)16-12(13)10(11)14;2*1-2/h3-6H,2,7,14H2,1H3,(H,15,16);1-2H3;1-2H2. The SMILES string of the molecule is C=C.CC.CCCNc1c(N)c(Cl)nc2ccccc12. The van der Waals surface area contributed by atoms with Crippen LogP contribution in [-0.4, -0.2) is 11.5 Å². The summed E-state index contributed by atoms with van der Waals surface area (Å²) in [6.45, 7) is 13.0. The maximum atomic E-state index is 6.00. The molecule has 0 aliphatic heterocycles. The number of nitrogens with zero attached hydrogens (tertiary/aromatic N) is 1. The number of pyridine rings is 1. The number of rotatable bonds is 3. The molecule has 110 valence electrons. The predicted molar refractivity (Wildman–Crippen MR) is 92.5 cm³/mol. The summed E-state index contributed by atoms with van der Waals surface area (Å²) >= 11 is 6.00. The van der Waals surface area contributed by atoms with E-state index in [2.05, 4.69) is 30.4 Å². The average Bonchev–Trinajstić information content (AvgIpc) is 2.52. The van der Waals surface area contributed by atoms with Crippen molar-refractivity contribution in [3.05, 3.63) is 42.6 Å². The number of aromatic nitrogens is 1. The minimum absolute atomic E-state index is 0.359. The van der Waals surface area contributed by atoms with Crippen LogP contribution in [0.4, 0.5) is 11.4 Å². The minimum atomic E-state index is 0.359. The van der Waals surface area contributed by atoms with Crippen molar-refractivity contribution in [1.29, 1.82) is 0 Å². The van der Waals surface area contributed by atoms with Gasteiger partial charge in [0.05, 0.1) is 16.9 Å². The first kappa shape index (κ1) is 18.3. The molecule has 0 amide bonds. The molecule has 0 fully saturated rings. The lowest BCUT2D eigenvalue weighted by molar-refractivity contribution is 0.981. The summed E-state index contributed by atoms with van der Waals surface area (Å²) in [5, 5.41) is 4.67. The van der Waals surface area contributed by atoms with Crippen molar-refractivity contribution < 1.29 is 0 Å². The fraction of sp³-hybridized carbons (Fsp3) is 0.312. The van der Waals surface area contributed by atoms with Crippen molar-refractivity contribution in [2.75, 3.05) is 17.6 Å². The molecule has 1 aromatic carbocycles. The molecule has 0 saturated heterocycles. The summed E-state index contributed by atoms with van der Waals surface area (Å²) in [5.74, 6) is 0. The summed E-state index contributed by atoms with van der Waals surface area (Å²) in [6.07, 6.45) is 1.04. The number of hydrogen-bond acceptors (Lipinski definition) is 3. The molecule has 0 aliphatic rings. The van der Waals surface area contributed by atoms with Gasteiger partial charge in [-0.3, -0.25) is 0 Å². The largest absolute Gasteiger partial charge is 0.395 e. The lowest BCUT2D eigenvalue weighted by Gasteiger charge is -2.12. The summed E-state index contributed by atoms with van der Waals surface area (Å²) in [4.78, 5) is 4.24. The fourth-order valence-corrected chi connectivity index (χ4v) is 1.82. The Kier molecular flexibility index (Phi) is 9.22. The number of nitrogens with one attached hydrogen (secondary N) is 1. The molecule has 1 heterocycles. The molecule has 20 heavy (non-hydrogen) atoms. The van der Waals surface area contributed by atoms with E-state index in [4.69, 9.17) is 17.3 Å². The third-order valence-electron chi connectivity index (χ3n) is 2.44. The first-order valence-corrected chi connectivity index (χ1v) is 7.19. The Morgan fingerprint density at radius 2 is 1.85 bits per heavy atom. The molecule has 0 aliphatic carbocycles. The highest BCUT2D eigenvalue weighted by Crippen LogP contribution is 2.32. The molecule has 3 nitrogen and oxygen atoms in total. The minimum Gasteiger partial charge on any atom is -0.395 e. The highest BCUT2D eigenvalue weighted by atomic mass is 35.5. The molecule has 0 spiro atoms. The third kappa shape index (κ3) is 4.42. The fourth-order valence-electron chi connectivity index (χ4n) is 1.64. The monoisotopic (exact) mass is 293 g/mol. The Labute approximate surface area is 126 Å². The molecule has 2 rings (SSSR count). The van der Waals surface area contributed by atoms with Gasteiger partial charge < -0.3 is 11.1 Å². The van der Waals surface area contributed by atoms with Crippen LogP contribution in [0, 0.1) is 0 Å². The van der Waals surface area contributed by atoms with E-state index in [9.17, 15) is 0 Å². The van der Waals surface area contributed by atoms with E-state index < -0.39 is 0 Å². The maximum Gasteiger partial charge on any atom is 0.154 e. The van der Waals surface area contributed by atoms with E-state index in [0.717, 1.165) is 29.6 Å². The third-order valence-corrected chi connectivity index (χ3v) is 2.72. The van der Waals surface area contributed by atoms with Crippen LogP contribution in [0.3, 0.4) is 0 Å². The number of benzene rings is 1. The van der Waals surface area contributed by atoms with E-state index in [1.54, 1.807) is 0 Å². The number of fused-ring (bicyclic) bond motifs is 1. The molecule has 0 radical (unpaired) electrons. The summed E-state index contributed by atoms with van der Waals surface area (Å²) in [7, 11) is 0. The van der Waals surface area contributed by atoms with E-state index in [1.807, 2.05) is 38.1 Å². The van der Waals surface area contributed by atoms with E-state index in [0.29, 0.717) is 10.8 Å². The van der Waals surface area contributed by atoms with Gasteiger partial charge in [0.25, 0.3) is 0 Å². The van der Waals surface area contributed by atoms with Gasteiger partial charge in [-0.25, -0.2) is 4.98 Å². The van der Waals surface area contributed by atoms with Crippen molar-refractivity contribution in [3.8, 4) is 0 Å². The van der Waals surface area contributed by atoms with Crippen LogP contribution in [0.15, 0.2) is 37.4 Å². The smallest absolute Gasteiger partial charge is 0.154 e. The van der Waals surface area contributed by atoms with E-state index in [-0.39, 0.29) is 0 Å². The molecular formula is C16H24ClN3. The Bertz CT molecular complexity index is 526. The molecule has 0 unspecified atom stereocenters. The lowest BCUT2D eigenvalue weighted by atomic mass is 10.1. The second-order valence-corrected chi connectivity index (χ2v) is 3.99. The highest BCUT2D eigenvalue weighted by molar-refractivity contribution is 6.33. The summed E-state index contributed by atoms with van der Waals surface area (Å²) < 4.78 is 0. The Balaban J connectivity index is 0.000000829. The number of halogens is 1. The van der Waals surface area contributed by atoms with Gasteiger partial charge in [0.2, 0.25) is 0 Å². The molecule has 3 N–H and O–H groups in total. The van der Waals surface area contributed by atoms with Crippen molar-refractivity contribution >= 4 is 33.9 Å². The van der Waals surface area contributed by atoms with Crippen LogP contribution in [-0.2, 0) is 0 Å². The van der Waals surface area contributed by atoms with Crippen LogP contribution in [0.1, 0.15) is 27.2 Å². The van der Waals surface area contributed by atoms with Crippen molar-refractivity contribution in [2.45, 2.75) is 27.2 Å². The molecule has 0 atom stereocenters. The summed E-state index contributed by atoms with van der Waals surface area (Å²) in [5.41, 5.74) is 8.20. The Hall–Kier alpha value is -1.74. The van der Waals surface area contributed by atoms with Crippen LogP contribution < -0.4 is 11.1 Å². The first-order valence-electron chi connectivity index (χ1n) is 6.81. The average molecular weight is 294 g/mol. The van der Waals surface area contributed by atoms with Crippen molar-refractivity contribution in [1.82, 2.24) is 4.98 Å². The van der Waals surface area contributed by atoms with Gasteiger partial charge in [-0.1, -0.05) is 50.6 Å². The van der Waals surface area contributed by atoms with Crippen LogP contribution in [0.2, 0.25) is 5.15 Å². The Morgan fingerprint density at radius 3 is 2.45 bits per heavy atom. The summed E-state index contributed by atoms with van der Waals surface area (Å²) in [6, 6.07) is 7.82. The first-order chi connectivity index (χ1) is 9.74. The predicted octanol–water partition coefficient (Wildman–Crippen LogP) is 5.12. The van der Waals surface area contributed by atoms with Gasteiger partial charge in [0.1, 0.15) is 0 Å². The topological polar surface area (TPSA) is 50.9 Å². The zero-order chi connectivity index (χ0) is 15.5.